The van der Waals surface area contributed by atoms with Gasteiger partial charge in [-0.05, 0) is 30.2 Å². The summed E-state index contributed by atoms with van der Waals surface area (Å²) in [5.41, 5.74) is 3.20. The van der Waals surface area contributed by atoms with Crippen molar-refractivity contribution in [2.75, 3.05) is 19.8 Å². The summed E-state index contributed by atoms with van der Waals surface area (Å²) >= 11 is 0. The van der Waals surface area contributed by atoms with Crippen molar-refractivity contribution in [1.29, 1.82) is 0 Å². The maximum atomic E-state index is 13.2. The summed E-state index contributed by atoms with van der Waals surface area (Å²) in [4.78, 5) is 0.319. The first-order valence-corrected chi connectivity index (χ1v) is 12.3. The van der Waals surface area contributed by atoms with E-state index in [2.05, 4.69) is 0 Å². The van der Waals surface area contributed by atoms with Gasteiger partial charge in [0.2, 0.25) is 10.0 Å². The number of benzene rings is 3. The molecule has 3 aromatic carbocycles. The molecular formula is C26H29NO4S. The van der Waals surface area contributed by atoms with Crippen molar-refractivity contribution in [2.24, 2.45) is 5.92 Å². The van der Waals surface area contributed by atoms with Gasteiger partial charge in [0.1, 0.15) is 0 Å². The molecule has 0 spiro atoms. The fourth-order valence-electron chi connectivity index (χ4n) is 3.86. The normalized spacial score (nSPS) is 18.9. The zero-order valence-electron chi connectivity index (χ0n) is 18.3. The monoisotopic (exact) mass is 451 g/mol. The van der Waals surface area contributed by atoms with E-state index in [1.54, 1.807) is 16.4 Å². The first-order valence-electron chi connectivity index (χ1n) is 10.9. The highest BCUT2D eigenvalue weighted by Crippen LogP contribution is 2.32. The number of hydrogen-bond acceptors (Lipinski definition) is 4. The molecule has 4 rings (SSSR count). The lowest BCUT2D eigenvalue weighted by atomic mass is 9.93. The number of rotatable bonds is 10. The molecule has 0 aliphatic carbocycles. The molecular weight excluding hydrogens is 422 g/mol. The second kappa shape index (κ2) is 10.4. The van der Waals surface area contributed by atoms with Gasteiger partial charge in [0.25, 0.3) is 0 Å². The molecule has 0 aromatic heterocycles. The largest absolute Gasteiger partial charge is 0.376 e. The predicted octanol–water partition coefficient (Wildman–Crippen LogP) is 4.42. The summed E-state index contributed by atoms with van der Waals surface area (Å²) in [5, 5.41) is 0. The molecule has 2 atom stereocenters. The Bertz CT molecular complexity index is 1090. The molecule has 6 heteroatoms. The molecule has 5 nitrogen and oxygen atoms in total. The Kier molecular flexibility index (Phi) is 7.37. The average Bonchev–Trinajstić information content (AvgIpc) is 2.80. The van der Waals surface area contributed by atoms with Crippen molar-refractivity contribution < 1.29 is 17.9 Å². The third-order valence-electron chi connectivity index (χ3n) is 5.80. The first kappa shape index (κ1) is 22.7. The molecule has 3 aromatic rings. The van der Waals surface area contributed by atoms with Gasteiger partial charge >= 0.3 is 0 Å². The molecule has 0 N–H and O–H groups in total. The van der Waals surface area contributed by atoms with E-state index in [4.69, 9.17) is 9.47 Å². The SMILES string of the molecule is Cc1ccc(S(=O)(=O)N2CC(COCc3ccccc3)C2COCc2ccccc2)cc1. The highest BCUT2D eigenvalue weighted by molar-refractivity contribution is 7.89. The third kappa shape index (κ3) is 5.45. The fourth-order valence-corrected chi connectivity index (χ4v) is 5.59. The Morgan fingerprint density at radius 3 is 1.88 bits per heavy atom. The van der Waals surface area contributed by atoms with Crippen LogP contribution in [0.5, 0.6) is 0 Å². The Labute approximate surface area is 190 Å². The Morgan fingerprint density at radius 2 is 1.31 bits per heavy atom. The maximum Gasteiger partial charge on any atom is 0.243 e. The molecule has 0 bridgehead atoms. The van der Waals surface area contributed by atoms with E-state index in [1.807, 2.05) is 79.7 Å². The highest BCUT2D eigenvalue weighted by Gasteiger charge is 2.46. The van der Waals surface area contributed by atoms with E-state index < -0.39 is 10.0 Å². The van der Waals surface area contributed by atoms with E-state index in [9.17, 15) is 8.42 Å². The zero-order valence-corrected chi connectivity index (χ0v) is 19.1. The van der Waals surface area contributed by atoms with Crippen LogP contribution in [0, 0.1) is 12.8 Å². The fraction of sp³-hybridized carbons (Fsp3) is 0.308. The summed E-state index contributed by atoms with van der Waals surface area (Å²) in [6.07, 6.45) is 0. The van der Waals surface area contributed by atoms with Gasteiger partial charge in [0, 0.05) is 12.5 Å². The van der Waals surface area contributed by atoms with Gasteiger partial charge in [0.05, 0.1) is 37.4 Å². The smallest absolute Gasteiger partial charge is 0.243 e. The lowest BCUT2D eigenvalue weighted by Gasteiger charge is -2.46. The van der Waals surface area contributed by atoms with E-state index in [1.165, 1.54) is 0 Å². The van der Waals surface area contributed by atoms with Crippen LogP contribution in [0.2, 0.25) is 0 Å². The number of ether oxygens (including phenoxy) is 2. The van der Waals surface area contributed by atoms with E-state index in [0.29, 0.717) is 37.9 Å². The Morgan fingerprint density at radius 1 is 0.781 bits per heavy atom. The number of nitrogens with zero attached hydrogens (tertiary/aromatic N) is 1. The van der Waals surface area contributed by atoms with Crippen molar-refractivity contribution in [1.82, 2.24) is 4.31 Å². The number of aryl methyl sites for hydroxylation is 1. The minimum atomic E-state index is -3.58. The first-order chi connectivity index (χ1) is 15.5. The second-order valence-electron chi connectivity index (χ2n) is 8.22. The van der Waals surface area contributed by atoms with Gasteiger partial charge in [-0.1, -0.05) is 78.4 Å². The van der Waals surface area contributed by atoms with Crippen LogP contribution in [0.15, 0.2) is 89.8 Å². The summed E-state index contributed by atoms with van der Waals surface area (Å²) in [5.74, 6) is 0.0923. The summed E-state index contributed by atoms with van der Waals surface area (Å²) in [6, 6.07) is 26.6. The van der Waals surface area contributed by atoms with Gasteiger partial charge in [-0.15, -0.1) is 0 Å². The minimum absolute atomic E-state index is 0.0923. The minimum Gasteiger partial charge on any atom is -0.376 e. The molecule has 0 saturated carbocycles. The quantitative estimate of drug-likeness (QED) is 0.458. The van der Waals surface area contributed by atoms with Gasteiger partial charge in [0.15, 0.2) is 0 Å². The van der Waals surface area contributed by atoms with E-state index in [0.717, 1.165) is 16.7 Å². The lowest BCUT2D eigenvalue weighted by Crippen LogP contribution is -2.61. The van der Waals surface area contributed by atoms with Gasteiger partial charge in [-0.25, -0.2) is 8.42 Å². The molecule has 1 fully saturated rings. The molecule has 2 unspecified atom stereocenters. The molecule has 1 saturated heterocycles. The highest BCUT2D eigenvalue weighted by atomic mass is 32.2. The standard InChI is InChI=1S/C26H29NO4S/c1-21-12-14-25(15-13-21)32(28,29)27-16-24(19-30-17-22-8-4-2-5-9-22)26(27)20-31-18-23-10-6-3-7-11-23/h2-15,24,26H,16-20H2,1H3. The molecule has 0 amide bonds. The van der Waals surface area contributed by atoms with Crippen LogP contribution in [0.4, 0.5) is 0 Å². The number of sulfonamides is 1. The molecule has 1 aliphatic heterocycles. The van der Waals surface area contributed by atoms with Crippen LogP contribution in [-0.2, 0) is 32.7 Å². The van der Waals surface area contributed by atoms with Crippen molar-refractivity contribution in [3.63, 3.8) is 0 Å². The van der Waals surface area contributed by atoms with Crippen LogP contribution in [-0.4, -0.2) is 38.5 Å². The summed E-state index contributed by atoms with van der Waals surface area (Å²) < 4.78 is 39.9. The van der Waals surface area contributed by atoms with Gasteiger partial charge in [-0.3, -0.25) is 0 Å². The molecule has 168 valence electrons. The van der Waals surface area contributed by atoms with Crippen LogP contribution in [0.3, 0.4) is 0 Å². The third-order valence-corrected chi connectivity index (χ3v) is 7.70. The van der Waals surface area contributed by atoms with Crippen molar-refractivity contribution in [3.05, 3.63) is 102 Å². The molecule has 1 heterocycles. The Balaban J connectivity index is 1.41. The van der Waals surface area contributed by atoms with Crippen molar-refractivity contribution in [3.8, 4) is 0 Å². The van der Waals surface area contributed by atoms with Gasteiger partial charge in [-0.2, -0.15) is 4.31 Å². The summed E-state index contributed by atoms with van der Waals surface area (Å²) in [6.45, 7) is 4.17. The van der Waals surface area contributed by atoms with Crippen LogP contribution in [0.1, 0.15) is 16.7 Å². The molecule has 1 aliphatic rings. The molecule has 32 heavy (non-hydrogen) atoms. The number of hydrogen-bond donors (Lipinski definition) is 0. The second-order valence-corrected chi connectivity index (χ2v) is 10.1. The van der Waals surface area contributed by atoms with E-state index >= 15 is 0 Å². The van der Waals surface area contributed by atoms with Crippen LogP contribution in [0.25, 0.3) is 0 Å². The maximum absolute atomic E-state index is 13.2. The van der Waals surface area contributed by atoms with Crippen LogP contribution >= 0.6 is 0 Å². The average molecular weight is 452 g/mol. The molecule has 0 radical (unpaired) electrons. The lowest BCUT2D eigenvalue weighted by molar-refractivity contribution is -0.0408. The van der Waals surface area contributed by atoms with Crippen molar-refractivity contribution in [2.45, 2.75) is 31.1 Å². The van der Waals surface area contributed by atoms with E-state index in [-0.39, 0.29) is 12.0 Å². The predicted molar refractivity (Wildman–Crippen MR) is 125 cm³/mol. The van der Waals surface area contributed by atoms with Gasteiger partial charge < -0.3 is 9.47 Å². The Hall–Kier alpha value is -2.51. The topological polar surface area (TPSA) is 55.8 Å². The van der Waals surface area contributed by atoms with Crippen LogP contribution < -0.4 is 0 Å². The zero-order chi connectivity index (χ0) is 22.4. The summed E-state index contributed by atoms with van der Waals surface area (Å²) in [7, 11) is -3.58. The van der Waals surface area contributed by atoms with Crippen molar-refractivity contribution >= 4 is 10.0 Å².